The van der Waals surface area contributed by atoms with Crippen LogP contribution in [0.25, 0.3) is 0 Å². The lowest BCUT2D eigenvalue weighted by molar-refractivity contribution is -0.130. The number of nitrogens with one attached hydrogen (secondary N) is 1. The first kappa shape index (κ1) is 13.2. The lowest BCUT2D eigenvalue weighted by Crippen LogP contribution is -2.43. The molecule has 1 atom stereocenters. The second-order valence-electron chi connectivity index (χ2n) is 3.67. The summed E-state index contributed by atoms with van der Waals surface area (Å²) in [6.45, 7) is 1.79. The van der Waals surface area contributed by atoms with Gasteiger partial charge in [-0.25, -0.2) is 0 Å². The summed E-state index contributed by atoms with van der Waals surface area (Å²) in [5, 5.41) is 2.43. The lowest BCUT2D eigenvalue weighted by atomic mass is 10.2. The minimum Gasteiger partial charge on any atom is -0.368 e. The predicted molar refractivity (Wildman–Crippen MR) is 62.9 cm³/mol. The topological polar surface area (TPSA) is 81.4 Å². The van der Waals surface area contributed by atoms with Gasteiger partial charge in [0.05, 0.1) is 6.61 Å². The molecular formula is C12H16N2O3. The number of amides is 2. The number of primary amides is 1. The molecule has 0 saturated carbocycles. The molecule has 1 aromatic carbocycles. The molecule has 0 aliphatic carbocycles. The van der Waals surface area contributed by atoms with Gasteiger partial charge < -0.3 is 15.8 Å². The lowest BCUT2D eigenvalue weighted by Gasteiger charge is -2.10. The van der Waals surface area contributed by atoms with E-state index in [1.165, 1.54) is 6.92 Å². The Morgan fingerprint density at radius 3 is 2.59 bits per heavy atom. The second kappa shape index (κ2) is 6.65. The molecule has 0 aliphatic heterocycles. The van der Waals surface area contributed by atoms with E-state index in [0.29, 0.717) is 6.61 Å². The summed E-state index contributed by atoms with van der Waals surface area (Å²) in [6, 6.07) is 8.84. The molecule has 0 unspecified atom stereocenters. The van der Waals surface area contributed by atoms with Gasteiger partial charge in [-0.1, -0.05) is 30.3 Å². The van der Waals surface area contributed by atoms with E-state index in [9.17, 15) is 9.59 Å². The van der Waals surface area contributed by atoms with Crippen molar-refractivity contribution in [1.82, 2.24) is 5.32 Å². The van der Waals surface area contributed by atoms with Gasteiger partial charge in [0.25, 0.3) is 0 Å². The van der Waals surface area contributed by atoms with E-state index in [1.54, 1.807) is 0 Å². The molecule has 0 radical (unpaired) electrons. The van der Waals surface area contributed by atoms with E-state index in [0.717, 1.165) is 5.56 Å². The predicted octanol–water partition coefficient (Wildman–Crippen LogP) is 0.193. The molecule has 5 nitrogen and oxygen atoms in total. The van der Waals surface area contributed by atoms with Crippen molar-refractivity contribution in [2.24, 2.45) is 5.73 Å². The number of rotatable bonds is 6. The van der Waals surface area contributed by atoms with Gasteiger partial charge in [0.2, 0.25) is 11.8 Å². The van der Waals surface area contributed by atoms with Gasteiger partial charge in [0, 0.05) is 0 Å². The Balaban J connectivity index is 2.23. The Hall–Kier alpha value is -1.88. The summed E-state index contributed by atoms with van der Waals surface area (Å²) in [5.74, 6) is -0.923. The third-order valence-electron chi connectivity index (χ3n) is 2.15. The van der Waals surface area contributed by atoms with Crippen molar-refractivity contribution < 1.29 is 14.3 Å². The van der Waals surface area contributed by atoms with Crippen molar-refractivity contribution in [3.8, 4) is 0 Å². The van der Waals surface area contributed by atoms with Crippen LogP contribution in [-0.2, 0) is 20.9 Å². The zero-order chi connectivity index (χ0) is 12.7. The first-order chi connectivity index (χ1) is 8.09. The maximum atomic E-state index is 11.3. The molecule has 1 rings (SSSR count). The normalized spacial score (nSPS) is 11.8. The Morgan fingerprint density at radius 1 is 1.35 bits per heavy atom. The van der Waals surface area contributed by atoms with Gasteiger partial charge in [0.15, 0.2) is 0 Å². The van der Waals surface area contributed by atoms with Crippen molar-refractivity contribution >= 4 is 11.8 Å². The van der Waals surface area contributed by atoms with Crippen molar-refractivity contribution in [3.05, 3.63) is 35.9 Å². The molecule has 0 fully saturated rings. The van der Waals surface area contributed by atoms with Crippen LogP contribution in [0.3, 0.4) is 0 Å². The first-order valence-electron chi connectivity index (χ1n) is 5.30. The first-order valence-corrected chi connectivity index (χ1v) is 5.30. The van der Waals surface area contributed by atoms with Gasteiger partial charge in [-0.05, 0) is 12.5 Å². The summed E-state index contributed by atoms with van der Waals surface area (Å²) in [6.07, 6.45) is 0. The summed E-state index contributed by atoms with van der Waals surface area (Å²) >= 11 is 0. The average Bonchev–Trinajstić information content (AvgIpc) is 2.30. The smallest absolute Gasteiger partial charge is 0.246 e. The van der Waals surface area contributed by atoms with E-state index < -0.39 is 11.9 Å². The van der Waals surface area contributed by atoms with Crippen LogP contribution in [0.5, 0.6) is 0 Å². The van der Waals surface area contributed by atoms with E-state index in [-0.39, 0.29) is 12.5 Å². The van der Waals surface area contributed by atoms with Crippen LogP contribution in [0, 0.1) is 0 Å². The number of ether oxygens (including phenoxy) is 1. The van der Waals surface area contributed by atoms with Crippen LogP contribution >= 0.6 is 0 Å². The third-order valence-corrected chi connectivity index (χ3v) is 2.15. The molecular weight excluding hydrogens is 220 g/mol. The fourth-order valence-corrected chi connectivity index (χ4v) is 1.19. The standard InChI is InChI=1S/C12H16N2O3/c1-9(12(13)16)14-11(15)8-17-7-10-5-3-2-4-6-10/h2-6,9H,7-8H2,1H3,(H2,13,16)(H,14,15)/t9-/m0/s1. The van der Waals surface area contributed by atoms with Gasteiger partial charge in [-0.3, -0.25) is 9.59 Å². The largest absolute Gasteiger partial charge is 0.368 e. The van der Waals surface area contributed by atoms with Crippen molar-refractivity contribution in [1.29, 1.82) is 0 Å². The molecule has 0 saturated heterocycles. The van der Waals surface area contributed by atoms with Gasteiger partial charge in [-0.15, -0.1) is 0 Å². The minimum absolute atomic E-state index is 0.0908. The fraction of sp³-hybridized carbons (Fsp3) is 0.333. The minimum atomic E-state index is -0.678. The van der Waals surface area contributed by atoms with Crippen molar-refractivity contribution in [2.45, 2.75) is 19.6 Å². The highest BCUT2D eigenvalue weighted by Gasteiger charge is 2.11. The van der Waals surface area contributed by atoms with Crippen molar-refractivity contribution in [3.63, 3.8) is 0 Å². The number of nitrogens with two attached hydrogens (primary N) is 1. The Morgan fingerprint density at radius 2 is 2.00 bits per heavy atom. The van der Waals surface area contributed by atoms with Gasteiger partial charge in [0.1, 0.15) is 12.6 Å². The Bertz CT molecular complexity index is 379. The Labute approximate surface area is 99.9 Å². The number of benzene rings is 1. The third kappa shape index (κ3) is 5.12. The maximum Gasteiger partial charge on any atom is 0.246 e. The molecule has 2 amide bonds. The molecule has 0 bridgehead atoms. The summed E-state index contributed by atoms with van der Waals surface area (Å²) < 4.78 is 5.20. The summed E-state index contributed by atoms with van der Waals surface area (Å²) in [5.41, 5.74) is 6.00. The van der Waals surface area contributed by atoms with Crippen LogP contribution < -0.4 is 11.1 Å². The number of carbonyl (C=O) groups is 2. The van der Waals surface area contributed by atoms with Crippen LogP contribution in [0.4, 0.5) is 0 Å². The van der Waals surface area contributed by atoms with E-state index in [2.05, 4.69) is 5.32 Å². The second-order valence-corrected chi connectivity index (χ2v) is 3.67. The number of carbonyl (C=O) groups excluding carboxylic acids is 2. The molecule has 5 heteroatoms. The molecule has 0 spiro atoms. The molecule has 92 valence electrons. The molecule has 0 heterocycles. The summed E-state index contributed by atoms with van der Waals surface area (Å²) in [4.78, 5) is 22.0. The van der Waals surface area contributed by atoms with Crippen LogP contribution in [0.1, 0.15) is 12.5 Å². The van der Waals surface area contributed by atoms with E-state index in [4.69, 9.17) is 10.5 Å². The van der Waals surface area contributed by atoms with Gasteiger partial charge >= 0.3 is 0 Å². The van der Waals surface area contributed by atoms with Crippen LogP contribution in [0.15, 0.2) is 30.3 Å². The summed E-state index contributed by atoms with van der Waals surface area (Å²) in [7, 11) is 0. The SMILES string of the molecule is C[C@H](NC(=O)COCc1ccccc1)C(N)=O. The molecule has 3 N–H and O–H groups in total. The molecule has 0 aliphatic rings. The average molecular weight is 236 g/mol. The van der Waals surface area contributed by atoms with E-state index >= 15 is 0 Å². The molecule has 0 aromatic heterocycles. The number of hydrogen-bond acceptors (Lipinski definition) is 3. The van der Waals surface area contributed by atoms with Crippen LogP contribution in [0.2, 0.25) is 0 Å². The van der Waals surface area contributed by atoms with Crippen molar-refractivity contribution in [2.75, 3.05) is 6.61 Å². The quantitative estimate of drug-likeness (QED) is 0.740. The monoisotopic (exact) mass is 236 g/mol. The highest BCUT2D eigenvalue weighted by molar-refractivity contribution is 5.86. The Kier molecular flexibility index (Phi) is 5.16. The fourth-order valence-electron chi connectivity index (χ4n) is 1.19. The molecule has 1 aromatic rings. The highest BCUT2D eigenvalue weighted by Crippen LogP contribution is 1.99. The highest BCUT2D eigenvalue weighted by atomic mass is 16.5. The zero-order valence-electron chi connectivity index (χ0n) is 9.68. The molecule has 17 heavy (non-hydrogen) atoms. The maximum absolute atomic E-state index is 11.3. The zero-order valence-corrected chi connectivity index (χ0v) is 9.68. The van der Waals surface area contributed by atoms with Crippen LogP contribution in [-0.4, -0.2) is 24.5 Å². The number of hydrogen-bond donors (Lipinski definition) is 2. The van der Waals surface area contributed by atoms with Gasteiger partial charge in [-0.2, -0.15) is 0 Å². The van der Waals surface area contributed by atoms with E-state index in [1.807, 2.05) is 30.3 Å².